The molecule has 38 heavy (non-hydrogen) atoms. The zero-order chi connectivity index (χ0) is 27.3. The number of rotatable bonds is 16. The van der Waals surface area contributed by atoms with E-state index in [1.165, 1.54) is 30.2 Å². The smallest absolute Gasteiger partial charge is 0.414 e. The molecule has 2 fully saturated rings. The zero-order valence-corrected chi connectivity index (χ0v) is 22.9. The van der Waals surface area contributed by atoms with E-state index in [9.17, 15) is 14.0 Å². The Morgan fingerprint density at radius 1 is 1.13 bits per heavy atom. The highest BCUT2D eigenvalue weighted by Crippen LogP contribution is 2.28. The van der Waals surface area contributed by atoms with Gasteiger partial charge in [-0.2, -0.15) is 0 Å². The Morgan fingerprint density at radius 3 is 2.58 bits per heavy atom. The van der Waals surface area contributed by atoms with Crippen LogP contribution < -0.4 is 21.3 Å². The standard InChI is InChI=1S/C28H46FN5O4/c1-2-3-4-5-6-9-14-33(27(35)25(31)10-7-8-13-30)20-23-21-34(28(36)38-23)22-11-12-26(24(29)19-22)32-15-17-37-18-16-32/h11-12,19,23,25H,2-10,13-18,20-21,30-31H2,1H3/t23-,25-/m0/s1. The third-order valence-electron chi connectivity index (χ3n) is 7.27. The van der Waals surface area contributed by atoms with Crippen molar-refractivity contribution in [3.05, 3.63) is 24.0 Å². The lowest BCUT2D eigenvalue weighted by Gasteiger charge is -2.29. The van der Waals surface area contributed by atoms with Gasteiger partial charge in [0.15, 0.2) is 0 Å². The molecule has 2 heterocycles. The van der Waals surface area contributed by atoms with Gasteiger partial charge in [-0.25, -0.2) is 9.18 Å². The fourth-order valence-electron chi connectivity index (χ4n) is 5.04. The lowest BCUT2D eigenvalue weighted by Crippen LogP contribution is -2.47. The van der Waals surface area contributed by atoms with Crippen molar-refractivity contribution < 1.29 is 23.5 Å². The maximum atomic E-state index is 15.0. The number of amides is 2. The summed E-state index contributed by atoms with van der Waals surface area (Å²) in [4.78, 5) is 31.1. The van der Waals surface area contributed by atoms with E-state index in [0.29, 0.717) is 57.2 Å². The Bertz CT molecular complexity index is 883. The minimum absolute atomic E-state index is 0.119. The summed E-state index contributed by atoms with van der Waals surface area (Å²) >= 11 is 0. The number of carbonyl (C=O) groups excluding carboxylic acids is 2. The lowest BCUT2D eigenvalue weighted by atomic mass is 10.1. The number of anilines is 2. The van der Waals surface area contributed by atoms with Crippen LogP contribution in [0.5, 0.6) is 0 Å². The van der Waals surface area contributed by atoms with Crippen molar-refractivity contribution in [1.82, 2.24) is 4.90 Å². The van der Waals surface area contributed by atoms with E-state index in [0.717, 1.165) is 32.1 Å². The molecule has 1 aromatic carbocycles. The normalized spacial score (nSPS) is 18.5. The highest BCUT2D eigenvalue weighted by Gasteiger charge is 2.35. The molecule has 10 heteroatoms. The van der Waals surface area contributed by atoms with Crippen molar-refractivity contribution >= 4 is 23.4 Å². The quantitative estimate of drug-likeness (QED) is 0.311. The second-order valence-corrected chi connectivity index (χ2v) is 10.3. The molecule has 2 aliphatic heterocycles. The third-order valence-corrected chi connectivity index (χ3v) is 7.27. The topological polar surface area (TPSA) is 114 Å². The summed E-state index contributed by atoms with van der Waals surface area (Å²) in [6, 6.07) is 4.22. The van der Waals surface area contributed by atoms with Crippen LogP contribution in [0.1, 0.15) is 64.7 Å². The summed E-state index contributed by atoms with van der Waals surface area (Å²) in [7, 11) is 0. The number of carbonyl (C=O) groups is 2. The number of cyclic esters (lactones) is 1. The van der Waals surface area contributed by atoms with E-state index in [-0.39, 0.29) is 24.8 Å². The van der Waals surface area contributed by atoms with Crippen LogP contribution in [0.4, 0.5) is 20.6 Å². The molecule has 0 saturated carbocycles. The molecular weight excluding hydrogens is 489 g/mol. The van der Waals surface area contributed by atoms with Crippen LogP contribution in [-0.4, -0.2) is 81.5 Å². The van der Waals surface area contributed by atoms with Crippen LogP contribution in [-0.2, 0) is 14.3 Å². The van der Waals surface area contributed by atoms with Gasteiger partial charge >= 0.3 is 6.09 Å². The van der Waals surface area contributed by atoms with Gasteiger partial charge in [0.25, 0.3) is 0 Å². The van der Waals surface area contributed by atoms with Crippen LogP contribution in [0.15, 0.2) is 18.2 Å². The molecular formula is C28H46FN5O4. The van der Waals surface area contributed by atoms with Gasteiger partial charge in [-0.05, 0) is 44.0 Å². The van der Waals surface area contributed by atoms with Crippen molar-refractivity contribution in [3.63, 3.8) is 0 Å². The van der Waals surface area contributed by atoms with E-state index in [2.05, 4.69) is 6.92 Å². The average molecular weight is 536 g/mol. The number of hydrogen-bond donors (Lipinski definition) is 2. The Labute approximate surface area is 226 Å². The molecule has 0 spiro atoms. The summed E-state index contributed by atoms with van der Waals surface area (Å²) in [6.07, 6.45) is 7.81. The summed E-state index contributed by atoms with van der Waals surface area (Å²) < 4.78 is 25.9. The van der Waals surface area contributed by atoms with E-state index >= 15 is 0 Å². The molecule has 0 aliphatic carbocycles. The minimum atomic E-state index is -0.600. The van der Waals surface area contributed by atoms with Crippen LogP contribution in [0, 0.1) is 5.82 Å². The van der Waals surface area contributed by atoms with Crippen molar-refractivity contribution in [3.8, 4) is 0 Å². The van der Waals surface area contributed by atoms with Crippen molar-refractivity contribution in [2.24, 2.45) is 11.5 Å². The molecule has 0 bridgehead atoms. The van der Waals surface area contributed by atoms with Crippen LogP contribution in [0.25, 0.3) is 0 Å². The fraction of sp³-hybridized carbons (Fsp3) is 0.714. The molecule has 214 valence electrons. The number of halogens is 1. The molecule has 3 rings (SSSR count). The first kappa shape index (κ1) is 30.1. The zero-order valence-electron chi connectivity index (χ0n) is 22.9. The fourth-order valence-corrected chi connectivity index (χ4v) is 5.04. The number of nitrogens with two attached hydrogens (primary N) is 2. The molecule has 2 saturated heterocycles. The molecule has 0 radical (unpaired) electrons. The second-order valence-electron chi connectivity index (χ2n) is 10.3. The number of ether oxygens (including phenoxy) is 2. The van der Waals surface area contributed by atoms with Gasteiger partial charge in [0.1, 0.15) is 11.9 Å². The van der Waals surface area contributed by atoms with E-state index in [4.69, 9.17) is 20.9 Å². The maximum absolute atomic E-state index is 15.0. The predicted molar refractivity (Wildman–Crippen MR) is 148 cm³/mol. The first-order valence-electron chi connectivity index (χ1n) is 14.3. The van der Waals surface area contributed by atoms with Gasteiger partial charge in [-0.3, -0.25) is 9.69 Å². The molecule has 2 atom stereocenters. The van der Waals surface area contributed by atoms with Gasteiger partial charge in [0, 0.05) is 19.6 Å². The van der Waals surface area contributed by atoms with E-state index < -0.39 is 18.2 Å². The SMILES string of the molecule is CCCCCCCCN(C[C@H]1CN(c2ccc(N3CCOCC3)c(F)c2)C(=O)O1)C(=O)[C@@H](N)CCCCN. The summed E-state index contributed by atoms with van der Waals surface area (Å²) in [5.41, 5.74) is 12.8. The van der Waals surface area contributed by atoms with Gasteiger partial charge < -0.3 is 30.7 Å². The number of hydrogen-bond acceptors (Lipinski definition) is 7. The maximum Gasteiger partial charge on any atom is 0.414 e. The van der Waals surface area contributed by atoms with Crippen molar-refractivity contribution in [2.45, 2.75) is 76.9 Å². The minimum Gasteiger partial charge on any atom is -0.442 e. The average Bonchev–Trinajstić information content (AvgIpc) is 3.29. The van der Waals surface area contributed by atoms with Crippen LogP contribution in [0.2, 0.25) is 0 Å². The highest BCUT2D eigenvalue weighted by molar-refractivity contribution is 5.90. The molecule has 0 aromatic heterocycles. The number of morpholine rings is 1. The molecule has 9 nitrogen and oxygen atoms in total. The first-order valence-corrected chi connectivity index (χ1v) is 14.3. The van der Waals surface area contributed by atoms with Crippen molar-refractivity contribution in [1.29, 1.82) is 0 Å². The second kappa shape index (κ2) is 15.9. The van der Waals surface area contributed by atoms with E-state index in [1.54, 1.807) is 17.0 Å². The number of nitrogens with zero attached hydrogens (tertiary/aromatic N) is 3. The van der Waals surface area contributed by atoms with Gasteiger partial charge in [0.05, 0.1) is 43.7 Å². The van der Waals surface area contributed by atoms with Gasteiger partial charge in [0.2, 0.25) is 5.91 Å². The summed E-state index contributed by atoms with van der Waals surface area (Å²) in [5.74, 6) is -0.505. The number of benzene rings is 1. The van der Waals surface area contributed by atoms with Crippen molar-refractivity contribution in [2.75, 3.05) is 62.3 Å². The Balaban J connectivity index is 1.61. The van der Waals surface area contributed by atoms with Crippen LogP contribution in [0.3, 0.4) is 0 Å². The molecule has 2 aliphatic rings. The molecule has 0 unspecified atom stereocenters. The third kappa shape index (κ3) is 8.81. The lowest BCUT2D eigenvalue weighted by molar-refractivity contribution is -0.134. The first-order chi connectivity index (χ1) is 18.4. The van der Waals surface area contributed by atoms with Gasteiger partial charge in [-0.1, -0.05) is 45.4 Å². The van der Waals surface area contributed by atoms with E-state index in [1.807, 2.05) is 4.90 Å². The molecule has 2 amide bonds. The number of unbranched alkanes of at least 4 members (excludes halogenated alkanes) is 6. The monoisotopic (exact) mass is 535 g/mol. The summed E-state index contributed by atoms with van der Waals surface area (Å²) in [6.45, 7) is 6.23. The Morgan fingerprint density at radius 2 is 1.87 bits per heavy atom. The largest absolute Gasteiger partial charge is 0.442 e. The Kier molecular flexibility index (Phi) is 12.6. The predicted octanol–water partition coefficient (Wildman–Crippen LogP) is 3.63. The summed E-state index contributed by atoms with van der Waals surface area (Å²) in [5, 5.41) is 0. The van der Waals surface area contributed by atoms with Gasteiger partial charge in [-0.15, -0.1) is 0 Å². The highest BCUT2D eigenvalue weighted by atomic mass is 19.1. The Hall–Kier alpha value is -2.43. The van der Waals surface area contributed by atoms with Crippen LogP contribution >= 0.6 is 0 Å². The molecule has 4 N–H and O–H groups in total. The molecule has 1 aromatic rings.